The molecule has 8 rings (SSSR count). The second-order valence-electron chi connectivity index (χ2n) is 12.8. The lowest BCUT2D eigenvalue weighted by atomic mass is 9.50. The number of aliphatic hydroxyl groups is 1. The van der Waals surface area contributed by atoms with Crippen molar-refractivity contribution in [1.29, 1.82) is 5.26 Å². The van der Waals surface area contributed by atoms with Gasteiger partial charge in [-0.25, -0.2) is 0 Å². The molecule has 3 aromatic rings. The second kappa shape index (κ2) is 9.63. The predicted octanol–water partition coefficient (Wildman–Crippen LogP) is 4.11. The lowest BCUT2D eigenvalue weighted by molar-refractivity contribution is -0.155. The van der Waals surface area contributed by atoms with Crippen molar-refractivity contribution in [2.45, 2.75) is 55.3 Å². The molecule has 3 aromatic carbocycles. The Labute approximate surface area is 250 Å². The van der Waals surface area contributed by atoms with Crippen molar-refractivity contribution in [3.63, 3.8) is 0 Å². The molecule has 0 aromatic heterocycles. The van der Waals surface area contributed by atoms with Crippen LogP contribution in [0.4, 0.5) is 0 Å². The Morgan fingerprint density at radius 2 is 1.81 bits per heavy atom. The summed E-state index contributed by atoms with van der Waals surface area (Å²) in [4.78, 5) is 29.2. The van der Waals surface area contributed by atoms with E-state index in [9.17, 15) is 14.7 Å². The number of hydrogen-bond donors (Lipinski definition) is 2. The molecule has 2 aliphatic heterocycles. The maximum Gasteiger partial charge on any atom is 0.255 e. The van der Waals surface area contributed by atoms with Crippen molar-refractivity contribution in [3.8, 4) is 22.9 Å². The molecule has 5 aliphatic rings. The fourth-order valence-corrected chi connectivity index (χ4v) is 8.07. The fraction of sp³-hybridized carbons (Fsp3) is 0.361. The van der Waals surface area contributed by atoms with Crippen molar-refractivity contribution in [2.75, 3.05) is 19.6 Å². The third-order valence-corrected chi connectivity index (χ3v) is 10.4. The highest BCUT2D eigenvalue weighted by Gasteiger charge is 2.72. The van der Waals surface area contributed by atoms with Crippen molar-refractivity contribution >= 4 is 11.7 Å². The molecule has 3 aliphatic carbocycles. The van der Waals surface area contributed by atoms with Gasteiger partial charge in [0.1, 0.15) is 11.4 Å². The summed E-state index contributed by atoms with van der Waals surface area (Å²) in [5.74, 6) is 0.792. The maximum absolute atomic E-state index is 13.5. The Morgan fingerprint density at radius 3 is 2.53 bits per heavy atom. The molecule has 1 amide bonds. The lowest BCUT2D eigenvalue weighted by Crippen LogP contribution is -2.75. The summed E-state index contributed by atoms with van der Waals surface area (Å²) in [7, 11) is 0. The number of nitriles is 1. The smallest absolute Gasteiger partial charge is 0.255 e. The van der Waals surface area contributed by atoms with E-state index in [1.807, 2.05) is 48.5 Å². The first-order chi connectivity index (χ1) is 20.9. The molecule has 2 fully saturated rings. The average Bonchev–Trinajstić information content (AvgIpc) is 3.77. The highest BCUT2D eigenvalue weighted by Crippen LogP contribution is 2.62. The van der Waals surface area contributed by atoms with Crippen LogP contribution in [0.25, 0.3) is 11.1 Å². The number of nitrogens with zero attached hydrogens (tertiary/aromatic N) is 2. The van der Waals surface area contributed by atoms with Gasteiger partial charge in [0.2, 0.25) is 0 Å². The summed E-state index contributed by atoms with van der Waals surface area (Å²) in [6, 6.07) is 21.6. The van der Waals surface area contributed by atoms with Gasteiger partial charge < -0.3 is 15.2 Å². The molecule has 216 valence electrons. The van der Waals surface area contributed by atoms with Gasteiger partial charge in [-0.2, -0.15) is 5.26 Å². The van der Waals surface area contributed by atoms with E-state index >= 15 is 0 Å². The number of ketones is 1. The van der Waals surface area contributed by atoms with Crippen LogP contribution in [0.15, 0.2) is 72.8 Å². The van der Waals surface area contributed by atoms with Crippen LogP contribution in [-0.2, 0) is 23.1 Å². The maximum atomic E-state index is 13.5. The van der Waals surface area contributed by atoms with Gasteiger partial charge in [0.05, 0.1) is 22.6 Å². The van der Waals surface area contributed by atoms with Crippen LogP contribution in [0.1, 0.15) is 51.9 Å². The minimum Gasteiger partial charge on any atom is -0.480 e. The van der Waals surface area contributed by atoms with Gasteiger partial charge in [-0.05, 0) is 97.2 Å². The van der Waals surface area contributed by atoms with Crippen LogP contribution in [0.3, 0.4) is 0 Å². The molecule has 1 spiro atoms. The number of piperidine rings is 1. The summed E-state index contributed by atoms with van der Waals surface area (Å²) >= 11 is 0. The molecule has 43 heavy (non-hydrogen) atoms. The van der Waals surface area contributed by atoms with Gasteiger partial charge in [0.25, 0.3) is 5.91 Å². The number of ether oxygens (including phenoxy) is 1. The van der Waals surface area contributed by atoms with E-state index in [0.29, 0.717) is 48.6 Å². The highest BCUT2D eigenvalue weighted by atomic mass is 16.5. The molecule has 2 bridgehead atoms. The van der Waals surface area contributed by atoms with Gasteiger partial charge in [0.15, 0.2) is 11.9 Å². The quantitative estimate of drug-likeness (QED) is 0.443. The number of nitrogens with one attached hydrogen (secondary N) is 1. The van der Waals surface area contributed by atoms with Crippen LogP contribution in [0.2, 0.25) is 0 Å². The molecule has 2 unspecified atom stereocenters. The summed E-state index contributed by atoms with van der Waals surface area (Å²) in [5.41, 5.74) is 4.14. The van der Waals surface area contributed by atoms with Gasteiger partial charge >= 0.3 is 0 Å². The number of benzene rings is 3. The van der Waals surface area contributed by atoms with Crippen molar-refractivity contribution in [1.82, 2.24) is 10.2 Å². The summed E-state index contributed by atoms with van der Waals surface area (Å²) in [5, 5.41) is 24.5. The standard InChI is InChI=1S/C36H33N3O4/c37-20-23-5-9-26(10-6-23)25-7-3-22(4-8-25)14-17-38-34(41)28-12-11-27-19-30-36(42)15-13-29(40)33-35(36,31(27)32(28)43-33)16-18-39(30)21-24-1-2-24/h3-13,15,24,30,33,42H,1-2,14,16-19,21H2,(H,38,41)/t30?,33-,35?,36+/m0/s1. The molecule has 7 heteroatoms. The van der Waals surface area contributed by atoms with Crippen LogP contribution >= 0.6 is 0 Å². The Kier molecular flexibility index (Phi) is 5.91. The zero-order chi connectivity index (χ0) is 29.3. The number of rotatable bonds is 7. The van der Waals surface area contributed by atoms with Crippen LogP contribution in [-0.4, -0.2) is 59.1 Å². The number of carbonyl (C=O) groups excluding carboxylic acids is 2. The lowest BCUT2D eigenvalue weighted by Gasteiger charge is -2.60. The SMILES string of the molecule is N#Cc1ccc(-c2ccc(CCNC(=O)c3ccc4c5c3O[C@H]3C(=O)C=C[C@@]6(O)C(C4)N(CC4CC4)CCC536)cc2)cc1. The van der Waals surface area contributed by atoms with Gasteiger partial charge in [-0.1, -0.05) is 42.5 Å². The Bertz CT molecular complexity index is 1720. The molecule has 1 saturated carbocycles. The van der Waals surface area contributed by atoms with Crippen molar-refractivity contribution in [3.05, 3.63) is 101 Å². The zero-order valence-electron chi connectivity index (χ0n) is 23.9. The van der Waals surface area contributed by atoms with Gasteiger partial charge in [0, 0.05) is 24.7 Å². The molecular weight excluding hydrogens is 538 g/mol. The van der Waals surface area contributed by atoms with E-state index in [0.717, 1.165) is 40.9 Å². The average molecular weight is 572 g/mol. The minimum absolute atomic E-state index is 0.112. The first kappa shape index (κ1) is 26.4. The number of hydrogen-bond acceptors (Lipinski definition) is 6. The van der Waals surface area contributed by atoms with Gasteiger partial charge in [-0.3, -0.25) is 14.5 Å². The predicted molar refractivity (Wildman–Crippen MR) is 161 cm³/mol. The van der Waals surface area contributed by atoms with E-state index in [2.05, 4.69) is 28.4 Å². The molecular formula is C36H33N3O4. The molecule has 4 atom stereocenters. The van der Waals surface area contributed by atoms with Crippen LogP contribution in [0, 0.1) is 17.2 Å². The van der Waals surface area contributed by atoms with E-state index in [-0.39, 0.29) is 17.7 Å². The molecule has 2 heterocycles. The van der Waals surface area contributed by atoms with E-state index in [1.165, 1.54) is 18.9 Å². The zero-order valence-corrected chi connectivity index (χ0v) is 23.9. The molecule has 7 nitrogen and oxygen atoms in total. The number of likely N-dealkylation sites (tertiary alicyclic amines) is 1. The largest absolute Gasteiger partial charge is 0.480 e. The highest BCUT2D eigenvalue weighted by molar-refractivity contribution is 6.02. The third kappa shape index (κ3) is 3.93. The summed E-state index contributed by atoms with van der Waals surface area (Å²) < 4.78 is 6.41. The number of carbonyl (C=O) groups is 2. The summed E-state index contributed by atoms with van der Waals surface area (Å²) in [6.07, 6.45) is 6.86. The molecule has 1 saturated heterocycles. The van der Waals surface area contributed by atoms with Crippen molar-refractivity contribution < 1.29 is 19.4 Å². The third-order valence-electron chi connectivity index (χ3n) is 10.4. The molecule has 2 N–H and O–H groups in total. The first-order valence-corrected chi connectivity index (χ1v) is 15.3. The summed E-state index contributed by atoms with van der Waals surface area (Å²) in [6.45, 7) is 2.24. The fourth-order valence-electron chi connectivity index (χ4n) is 8.07. The van der Waals surface area contributed by atoms with Crippen LogP contribution < -0.4 is 10.1 Å². The monoisotopic (exact) mass is 571 g/mol. The topological polar surface area (TPSA) is 103 Å². The minimum atomic E-state index is -1.21. The first-order valence-electron chi connectivity index (χ1n) is 15.3. The van der Waals surface area contributed by atoms with E-state index < -0.39 is 17.1 Å². The van der Waals surface area contributed by atoms with Crippen molar-refractivity contribution in [2.24, 2.45) is 5.92 Å². The van der Waals surface area contributed by atoms with E-state index in [4.69, 9.17) is 10.00 Å². The Morgan fingerprint density at radius 1 is 1.07 bits per heavy atom. The normalized spacial score (nSPS) is 28.1. The number of amides is 1. The van der Waals surface area contributed by atoms with Gasteiger partial charge in [-0.15, -0.1) is 0 Å². The van der Waals surface area contributed by atoms with E-state index in [1.54, 1.807) is 6.08 Å². The Balaban J connectivity index is 1.02. The molecule has 0 radical (unpaired) electrons. The Hall–Kier alpha value is -4.25. The second-order valence-corrected chi connectivity index (χ2v) is 12.8. The van der Waals surface area contributed by atoms with Crippen LogP contribution in [0.5, 0.6) is 5.75 Å².